The summed E-state index contributed by atoms with van der Waals surface area (Å²) in [6.45, 7) is 3.14. The van der Waals surface area contributed by atoms with Gasteiger partial charge in [-0.2, -0.15) is 0 Å². The van der Waals surface area contributed by atoms with Gasteiger partial charge in [-0.15, -0.1) is 0 Å². The summed E-state index contributed by atoms with van der Waals surface area (Å²) in [4.78, 5) is 0. The average molecular weight is 390 g/mol. The summed E-state index contributed by atoms with van der Waals surface area (Å²) in [7, 11) is 0. The normalized spacial score (nSPS) is 17.7. The highest BCUT2D eigenvalue weighted by molar-refractivity contribution is 14.1. The highest BCUT2D eigenvalue weighted by Crippen LogP contribution is 2.31. The number of allylic oxidation sites excluding steroid dienone is 1. The summed E-state index contributed by atoms with van der Waals surface area (Å²) < 4.78 is 1.12. The Morgan fingerprint density at radius 1 is 1.32 bits per heavy atom. The monoisotopic (exact) mass is 389 g/mol. The Morgan fingerprint density at radius 3 is 2.89 bits per heavy atom. The van der Waals surface area contributed by atoms with E-state index in [0.717, 1.165) is 15.1 Å². The number of nitrogens with one attached hydrogen (secondary N) is 1. The molecule has 1 unspecified atom stereocenters. The van der Waals surface area contributed by atoms with Crippen LogP contribution >= 0.6 is 34.2 Å². The van der Waals surface area contributed by atoms with Crippen LogP contribution < -0.4 is 5.32 Å². The number of benzene rings is 1. The zero-order valence-electron chi connectivity index (χ0n) is 11.4. The van der Waals surface area contributed by atoms with E-state index in [4.69, 9.17) is 11.6 Å². The van der Waals surface area contributed by atoms with Crippen LogP contribution in [0.1, 0.15) is 50.6 Å². The Morgan fingerprint density at radius 2 is 2.16 bits per heavy atom. The minimum atomic E-state index is 0.331. The van der Waals surface area contributed by atoms with Crippen molar-refractivity contribution < 1.29 is 0 Å². The maximum absolute atomic E-state index is 6.27. The lowest BCUT2D eigenvalue weighted by Gasteiger charge is -2.22. The topological polar surface area (TPSA) is 12.0 Å². The maximum Gasteiger partial charge on any atom is 0.0542 e. The van der Waals surface area contributed by atoms with E-state index in [0.29, 0.717) is 6.04 Å². The molecule has 1 aromatic rings. The predicted molar refractivity (Wildman–Crippen MR) is 91.8 cm³/mol. The first-order chi connectivity index (χ1) is 9.22. The predicted octanol–water partition coefficient (Wildman–Crippen LogP) is 5.49. The van der Waals surface area contributed by atoms with Gasteiger partial charge in [0.15, 0.2) is 0 Å². The molecule has 2 rings (SSSR count). The van der Waals surface area contributed by atoms with Crippen molar-refractivity contribution in [1.29, 1.82) is 0 Å². The Labute approximate surface area is 135 Å². The van der Waals surface area contributed by atoms with Crippen molar-refractivity contribution in [2.24, 2.45) is 0 Å². The SMILES string of the molecule is CCNC(C1=CCCCCC1)c1ccc(I)c(Cl)c1. The molecule has 1 aromatic carbocycles. The quantitative estimate of drug-likeness (QED) is 0.530. The molecule has 0 spiro atoms. The van der Waals surface area contributed by atoms with Crippen molar-refractivity contribution in [3.05, 3.63) is 44.0 Å². The van der Waals surface area contributed by atoms with E-state index in [1.807, 2.05) is 0 Å². The van der Waals surface area contributed by atoms with Crippen LogP contribution in [0.25, 0.3) is 0 Å². The van der Waals surface area contributed by atoms with E-state index in [1.165, 1.54) is 43.2 Å². The third kappa shape index (κ3) is 4.20. The average Bonchev–Trinajstić information content (AvgIpc) is 2.68. The van der Waals surface area contributed by atoms with E-state index >= 15 is 0 Å². The van der Waals surface area contributed by atoms with Crippen molar-refractivity contribution in [2.45, 2.75) is 45.1 Å². The van der Waals surface area contributed by atoms with Gasteiger partial charge in [0.25, 0.3) is 0 Å². The van der Waals surface area contributed by atoms with E-state index in [2.05, 4.69) is 59.1 Å². The summed E-state index contributed by atoms with van der Waals surface area (Å²) in [5.41, 5.74) is 2.83. The van der Waals surface area contributed by atoms with Crippen LogP contribution in [0.15, 0.2) is 29.8 Å². The number of rotatable bonds is 4. The van der Waals surface area contributed by atoms with Gasteiger partial charge in [0.05, 0.1) is 11.1 Å². The molecule has 1 atom stereocenters. The maximum atomic E-state index is 6.27. The van der Waals surface area contributed by atoms with E-state index < -0.39 is 0 Å². The molecule has 1 aliphatic carbocycles. The van der Waals surface area contributed by atoms with Crippen molar-refractivity contribution >= 4 is 34.2 Å². The Balaban J connectivity index is 2.27. The van der Waals surface area contributed by atoms with Crippen LogP contribution in [0.2, 0.25) is 5.02 Å². The third-order valence-electron chi connectivity index (χ3n) is 3.63. The second kappa shape index (κ2) is 7.65. The number of halogens is 2. The van der Waals surface area contributed by atoms with Crippen molar-refractivity contribution in [2.75, 3.05) is 6.54 Å². The van der Waals surface area contributed by atoms with Crippen LogP contribution in [0, 0.1) is 3.57 Å². The summed E-state index contributed by atoms with van der Waals surface area (Å²) in [5, 5.41) is 4.47. The van der Waals surface area contributed by atoms with E-state index in [1.54, 1.807) is 0 Å². The summed E-state index contributed by atoms with van der Waals surface area (Å²) >= 11 is 8.55. The molecule has 0 heterocycles. The lowest BCUT2D eigenvalue weighted by molar-refractivity contribution is 0.589. The summed E-state index contributed by atoms with van der Waals surface area (Å²) in [6, 6.07) is 6.76. The molecule has 0 aromatic heterocycles. The molecule has 0 bridgehead atoms. The molecule has 3 heteroatoms. The first-order valence-electron chi connectivity index (χ1n) is 7.09. The molecular formula is C16H21ClIN. The molecule has 1 nitrogen and oxygen atoms in total. The van der Waals surface area contributed by atoms with Gasteiger partial charge in [-0.1, -0.05) is 42.7 Å². The van der Waals surface area contributed by atoms with Gasteiger partial charge in [-0.05, 0) is 72.5 Å². The van der Waals surface area contributed by atoms with Crippen LogP contribution in [0.4, 0.5) is 0 Å². The molecule has 0 fully saturated rings. The number of hydrogen-bond acceptors (Lipinski definition) is 1. The Kier molecular flexibility index (Phi) is 6.17. The fourth-order valence-corrected chi connectivity index (χ4v) is 3.19. The number of likely N-dealkylation sites (N-methyl/N-ethyl adjacent to an activating group) is 1. The molecule has 1 aliphatic rings. The van der Waals surface area contributed by atoms with Crippen molar-refractivity contribution in [3.8, 4) is 0 Å². The van der Waals surface area contributed by atoms with E-state index in [-0.39, 0.29) is 0 Å². The van der Waals surface area contributed by atoms with Gasteiger partial charge in [0, 0.05) is 3.57 Å². The molecule has 0 amide bonds. The second-order valence-corrected chi connectivity index (χ2v) is 6.61. The first-order valence-corrected chi connectivity index (χ1v) is 8.55. The lowest BCUT2D eigenvalue weighted by atomic mass is 9.95. The van der Waals surface area contributed by atoms with Crippen LogP contribution in [0.5, 0.6) is 0 Å². The Hall–Kier alpha value is -0.0600. The minimum Gasteiger partial charge on any atom is -0.307 e. The zero-order chi connectivity index (χ0) is 13.7. The molecule has 1 N–H and O–H groups in total. The van der Waals surface area contributed by atoms with Gasteiger partial charge >= 0.3 is 0 Å². The molecule has 0 saturated carbocycles. The Bertz CT molecular complexity index is 456. The van der Waals surface area contributed by atoms with Crippen LogP contribution in [-0.2, 0) is 0 Å². The summed E-state index contributed by atoms with van der Waals surface area (Å²) in [6.07, 6.45) is 8.86. The standard InChI is InChI=1S/C16H21ClIN/c1-2-19-16(12-7-5-3-4-6-8-12)13-9-10-15(18)14(17)11-13/h7,9-11,16,19H,2-6,8H2,1H3. The zero-order valence-corrected chi connectivity index (χ0v) is 14.3. The molecule has 0 radical (unpaired) electrons. The van der Waals surface area contributed by atoms with Gasteiger partial charge in [-0.3, -0.25) is 0 Å². The highest BCUT2D eigenvalue weighted by atomic mass is 127. The number of hydrogen-bond donors (Lipinski definition) is 1. The van der Waals surface area contributed by atoms with Gasteiger partial charge in [-0.25, -0.2) is 0 Å². The van der Waals surface area contributed by atoms with Gasteiger partial charge in [0.2, 0.25) is 0 Å². The summed E-state index contributed by atoms with van der Waals surface area (Å²) in [5.74, 6) is 0. The first kappa shape index (κ1) is 15.3. The van der Waals surface area contributed by atoms with Crippen molar-refractivity contribution in [1.82, 2.24) is 5.32 Å². The van der Waals surface area contributed by atoms with Gasteiger partial charge in [0.1, 0.15) is 0 Å². The molecule has 0 saturated heterocycles. The fraction of sp³-hybridized carbons (Fsp3) is 0.500. The molecular weight excluding hydrogens is 369 g/mol. The smallest absolute Gasteiger partial charge is 0.0542 e. The second-order valence-electron chi connectivity index (χ2n) is 5.04. The van der Waals surface area contributed by atoms with Crippen LogP contribution in [0.3, 0.4) is 0 Å². The molecule has 104 valence electrons. The lowest BCUT2D eigenvalue weighted by Crippen LogP contribution is -2.23. The van der Waals surface area contributed by atoms with E-state index in [9.17, 15) is 0 Å². The van der Waals surface area contributed by atoms with Gasteiger partial charge < -0.3 is 5.32 Å². The highest BCUT2D eigenvalue weighted by Gasteiger charge is 2.17. The largest absolute Gasteiger partial charge is 0.307 e. The molecule has 19 heavy (non-hydrogen) atoms. The fourth-order valence-electron chi connectivity index (χ4n) is 2.66. The molecule has 0 aliphatic heterocycles. The van der Waals surface area contributed by atoms with Crippen LogP contribution in [-0.4, -0.2) is 6.54 Å². The van der Waals surface area contributed by atoms with Crippen molar-refractivity contribution in [3.63, 3.8) is 0 Å². The third-order valence-corrected chi connectivity index (χ3v) is 5.20. The minimum absolute atomic E-state index is 0.331.